The Morgan fingerprint density at radius 1 is 1.27 bits per heavy atom. The van der Waals surface area contributed by atoms with E-state index in [0.717, 1.165) is 24.8 Å². The molecular formula is C24H28BrN5O3. The molecule has 0 bridgehead atoms. The third kappa shape index (κ3) is 4.78. The Hall–Kier alpha value is -2.81. The molecule has 1 saturated heterocycles. The molecule has 1 N–H and O–H groups in total. The molecule has 1 aromatic heterocycles. The number of nitrogens with one attached hydrogen (secondary N) is 1. The number of rotatable bonds is 3. The summed E-state index contributed by atoms with van der Waals surface area (Å²) in [5.74, 6) is 0.00874. The third-order valence-corrected chi connectivity index (χ3v) is 6.69. The van der Waals surface area contributed by atoms with Gasteiger partial charge in [0.15, 0.2) is 11.5 Å². The molecule has 9 heteroatoms. The number of benzene rings is 1. The molecule has 1 aromatic carbocycles. The molecule has 1 fully saturated rings. The number of halogens is 1. The topological polar surface area (TPSA) is 96.8 Å². The van der Waals surface area contributed by atoms with Crippen molar-refractivity contribution in [1.29, 1.82) is 0 Å². The van der Waals surface area contributed by atoms with E-state index in [2.05, 4.69) is 60.0 Å². The first-order valence-electron chi connectivity index (χ1n) is 11.0. The second kappa shape index (κ2) is 8.85. The highest BCUT2D eigenvalue weighted by molar-refractivity contribution is 9.10. The van der Waals surface area contributed by atoms with Gasteiger partial charge in [0.05, 0.1) is 12.2 Å². The summed E-state index contributed by atoms with van der Waals surface area (Å²) in [5, 5.41) is 3.16. The van der Waals surface area contributed by atoms with Crippen LogP contribution in [0.25, 0.3) is 0 Å². The first-order chi connectivity index (χ1) is 15.6. The smallest absolute Gasteiger partial charge is 0.408 e. The fourth-order valence-corrected chi connectivity index (χ4v) is 5.16. The van der Waals surface area contributed by atoms with E-state index in [1.165, 1.54) is 5.56 Å². The van der Waals surface area contributed by atoms with E-state index in [4.69, 9.17) is 4.74 Å². The summed E-state index contributed by atoms with van der Waals surface area (Å²) >= 11 is 3.28. The Bertz CT molecular complexity index is 1090. The standard InChI is InChI=1S/C24H28BrN5O3/c1-23(2,3)33-22(32)29-19-16-8-6-5-7-15(16)13-24(19)9-11-30(12-10-24)20-18(21(31)26-4)28-17(25)14-27-20/h5-8,14,19H,4,9-13H2,1-3H3,(H,29,32). The van der Waals surface area contributed by atoms with Gasteiger partial charge in [-0.2, -0.15) is 0 Å². The van der Waals surface area contributed by atoms with Crippen molar-refractivity contribution in [3.05, 3.63) is 51.9 Å². The maximum Gasteiger partial charge on any atom is 0.408 e. The molecule has 33 heavy (non-hydrogen) atoms. The van der Waals surface area contributed by atoms with Gasteiger partial charge < -0.3 is 15.0 Å². The number of fused-ring (bicyclic) bond motifs is 1. The van der Waals surface area contributed by atoms with E-state index in [-0.39, 0.29) is 17.2 Å². The van der Waals surface area contributed by atoms with Crippen molar-refractivity contribution in [2.24, 2.45) is 10.4 Å². The molecule has 1 aliphatic heterocycles. The van der Waals surface area contributed by atoms with Crippen LogP contribution in [0.3, 0.4) is 0 Å². The number of anilines is 1. The Kier molecular flexibility index (Phi) is 6.26. The van der Waals surface area contributed by atoms with Crippen molar-refractivity contribution < 1.29 is 14.3 Å². The third-order valence-electron chi connectivity index (χ3n) is 6.31. The van der Waals surface area contributed by atoms with Crippen LogP contribution in [0, 0.1) is 5.41 Å². The Labute approximate surface area is 202 Å². The highest BCUT2D eigenvalue weighted by Crippen LogP contribution is 2.52. The number of nitrogens with zero attached hydrogens (tertiary/aromatic N) is 4. The zero-order valence-corrected chi connectivity index (χ0v) is 20.7. The minimum Gasteiger partial charge on any atom is -0.444 e. The average molecular weight is 514 g/mol. The SMILES string of the molecule is C=NC(=O)c1nc(Br)cnc1N1CCC2(CC1)Cc1ccccc1C2NC(=O)OC(C)(C)C. The van der Waals surface area contributed by atoms with E-state index < -0.39 is 17.6 Å². The average Bonchev–Trinajstić information content (AvgIpc) is 3.05. The molecule has 2 amide bonds. The molecule has 2 aliphatic rings. The van der Waals surface area contributed by atoms with Crippen LogP contribution in [0.1, 0.15) is 61.3 Å². The van der Waals surface area contributed by atoms with Crippen molar-refractivity contribution in [3.8, 4) is 0 Å². The van der Waals surface area contributed by atoms with E-state index in [9.17, 15) is 9.59 Å². The first kappa shape index (κ1) is 23.4. The lowest BCUT2D eigenvalue weighted by atomic mass is 9.72. The number of carbonyl (C=O) groups excluding carboxylic acids is 2. The highest BCUT2D eigenvalue weighted by atomic mass is 79.9. The second-order valence-corrected chi connectivity index (χ2v) is 10.4. The number of hydrogen-bond donors (Lipinski definition) is 1. The summed E-state index contributed by atoms with van der Waals surface area (Å²) < 4.78 is 6.04. The number of aliphatic imine (C=N–C) groups is 1. The first-order valence-corrected chi connectivity index (χ1v) is 11.8. The van der Waals surface area contributed by atoms with Crippen LogP contribution in [0.5, 0.6) is 0 Å². The molecule has 1 spiro atoms. The summed E-state index contributed by atoms with van der Waals surface area (Å²) in [7, 11) is 0. The van der Waals surface area contributed by atoms with Crippen molar-refractivity contribution in [1.82, 2.24) is 15.3 Å². The molecule has 4 rings (SSSR count). The van der Waals surface area contributed by atoms with Crippen LogP contribution in [-0.4, -0.2) is 47.4 Å². The number of aromatic nitrogens is 2. The monoisotopic (exact) mass is 513 g/mol. The molecule has 0 radical (unpaired) electrons. The van der Waals surface area contributed by atoms with Gasteiger partial charge in [0.25, 0.3) is 5.91 Å². The van der Waals surface area contributed by atoms with Crippen LogP contribution in [-0.2, 0) is 11.2 Å². The zero-order valence-electron chi connectivity index (χ0n) is 19.1. The summed E-state index contributed by atoms with van der Waals surface area (Å²) in [6.45, 7) is 10.3. The van der Waals surface area contributed by atoms with Gasteiger partial charge >= 0.3 is 6.09 Å². The number of piperidine rings is 1. The lowest BCUT2D eigenvalue weighted by Gasteiger charge is -2.44. The number of carbonyl (C=O) groups is 2. The second-order valence-electron chi connectivity index (χ2n) is 9.63. The summed E-state index contributed by atoms with van der Waals surface area (Å²) in [4.78, 5) is 39.3. The number of alkyl carbamates (subject to hydrolysis) is 1. The van der Waals surface area contributed by atoms with Gasteiger partial charge in [-0.05, 0) is 73.8 Å². The van der Waals surface area contributed by atoms with Gasteiger partial charge in [0.1, 0.15) is 10.2 Å². The molecule has 1 aliphatic carbocycles. The predicted octanol–water partition coefficient (Wildman–Crippen LogP) is 4.49. The molecular weight excluding hydrogens is 486 g/mol. The molecule has 8 nitrogen and oxygen atoms in total. The fraction of sp³-hybridized carbons (Fsp3) is 0.458. The molecule has 2 aromatic rings. The van der Waals surface area contributed by atoms with Gasteiger partial charge in [0.2, 0.25) is 0 Å². The molecule has 1 atom stereocenters. The number of hydrogen-bond acceptors (Lipinski definition) is 6. The minimum atomic E-state index is -0.568. The van der Waals surface area contributed by atoms with Gasteiger partial charge in [-0.25, -0.2) is 19.8 Å². The van der Waals surface area contributed by atoms with Crippen molar-refractivity contribution >= 4 is 40.5 Å². The fourth-order valence-electron chi connectivity index (χ4n) is 4.88. The molecule has 2 heterocycles. The van der Waals surface area contributed by atoms with E-state index in [0.29, 0.717) is 23.5 Å². The maximum atomic E-state index is 12.7. The normalized spacial score (nSPS) is 19.2. The Morgan fingerprint density at radius 3 is 2.64 bits per heavy atom. The van der Waals surface area contributed by atoms with E-state index in [1.807, 2.05) is 32.9 Å². The van der Waals surface area contributed by atoms with Crippen LogP contribution in [0.4, 0.5) is 10.6 Å². The van der Waals surface area contributed by atoms with Gasteiger partial charge in [-0.15, -0.1) is 0 Å². The quantitative estimate of drug-likeness (QED) is 0.607. The molecule has 0 saturated carbocycles. The largest absolute Gasteiger partial charge is 0.444 e. The summed E-state index contributed by atoms with van der Waals surface area (Å²) in [6, 6.07) is 8.12. The van der Waals surface area contributed by atoms with Crippen molar-refractivity contribution in [2.45, 2.75) is 51.7 Å². The highest BCUT2D eigenvalue weighted by Gasteiger charge is 2.49. The molecule has 1 unspecified atom stereocenters. The molecule has 174 valence electrons. The zero-order chi connectivity index (χ0) is 23.8. The van der Waals surface area contributed by atoms with Crippen LogP contribution < -0.4 is 10.2 Å². The van der Waals surface area contributed by atoms with Crippen LogP contribution in [0.2, 0.25) is 0 Å². The minimum absolute atomic E-state index is 0.138. The van der Waals surface area contributed by atoms with Crippen molar-refractivity contribution in [2.75, 3.05) is 18.0 Å². The Balaban J connectivity index is 1.58. The Morgan fingerprint density at radius 2 is 1.97 bits per heavy atom. The lowest BCUT2D eigenvalue weighted by Crippen LogP contribution is -2.48. The van der Waals surface area contributed by atoms with Crippen LogP contribution in [0.15, 0.2) is 40.1 Å². The summed E-state index contributed by atoms with van der Waals surface area (Å²) in [6.07, 6.45) is 3.68. The van der Waals surface area contributed by atoms with Gasteiger partial charge in [0, 0.05) is 18.5 Å². The predicted molar refractivity (Wildman–Crippen MR) is 130 cm³/mol. The van der Waals surface area contributed by atoms with Gasteiger partial charge in [-0.3, -0.25) is 4.79 Å². The van der Waals surface area contributed by atoms with E-state index >= 15 is 0 Å². The maximum absolute atomic E-state index is 12.7. The summed E-state index contributed by atoms with van der Waals surface area (Å²) in [5.41, 5.74) is 1.88. The van der Waals surface area contributed by atoms with Crippen molar-refractivity contribution in [3.63, 3.8) is 0 Å². The van der Waals surface area contributed by atoms with Crippen LogP contribution >= 0.6 is 15.9 Å². The lowest BCUT2D eigenvalue weighted by molar-refractivity contribution is 0.0427. The number of amides is 2. The number of ether oxygens (including phenoxy) is 1. The van der Waals surface area contributed by atoms with Gasteiger partial charge in [-0.1, -0.05) is 24.3 Å². The van der Waals surface area contributed by atoms with E-state index in [1.54, 1.807) is 6.20 Å².